The average Bonchev–Trinajstić information content (AvgIpc) is 0.759. The first-order valence-electron chi connectivity index (χ1n) is 36.4. The third-order valence-corrected chi connectivity index (χ3v) is 20.4. The molecular formula is C64H109N5O45. The maximum atomic E-state index is 13.3. The van der Waals surface area contributed by atoms with Crippen LogP contribution in [-0.2, 0) is 99.8 Å². The molecule has 0 unspecified atom stereocenters. The molecule has 5 amide bonds. The van der Waals surface area contributed by atoms with Gasteiger partial charge in [0, 0.05) is 34.6 Å². The summed E-state index contributed by atoms with van der Waals surface area (Å²) in [7, 11) is 0. The van der Waals surface area contributed by atoms with E-state index in [-0.39, 0.29) is 0 Å². The van der Waals surface area contributed by atoms with Crippen LogP contribution in [0, 0.1) is 0 Å². The van der Waals surface area contributed by atoms with Gasteiger partial charge >= 0.3 is 0 Å². The molecule has 8 fully saturated rings. The molecule has 0 radical (unpaired) electrons. The van der Waals surface area contributed by atoms with Crippen LogP contribution < -0.4 is 26.6 Å². The number of nitrogens with one attached hydrogen (secondary N) is 5. The van der Waals surface area contributed by atoms with Gasteiger partial charge in [0.05, 0.1) is 71.6 Å². The van der Waals surface area contributed by atoms with E-state index >= 15 is 0 Å². The van der Waals surface area contributed by atoms with Crippen LogP contribution >= 0.6 is 0 Å². The topological polar surface area (TPSA) is 779 Å². The van der Waals surface area contributed by atoms with Crippen LogP contribution in [0.4, 0.5) is 0 Å². The van der Waals surface area contributed by atoms with E-state index in [1.54, 1.807) is 0 Å². The van der Waals surface area contributed by atoms with Gasteiger partial charge in [0.1, 0.15) is 207 Å². The van der Waals surface area contributed by atoms with Gasteiger partial charge in [0.2, 0.25) is 29.5 Å². The molecule has 29 N–H and O–H groups in total. The number of aliphatic hydroxyl groups excluding tert-OH is 24. The molecule has 0 bridgehead atoms. The Hall–Kier alpha value is -4.25. The van der Waals surface area contributed by atoms with Crippen LogP contribution in [0.15, 0.2) is 0 Å². The van der Waals surface area contributed by atoms with Crippen molar-refractivity contribution < 1.29 is 222 Å². The summed E-state index contributed by atoms with van der Waals surface area (Å²) in [6.07, 6.45) is -83.4. The van der Waals surface area contributed by atoms with Gasteiger partial charge in [-0.3, -0.25) is 24.0 Å². The molecule has 8 saturated heterocycles. The number of hydrogen-bond acceptors (Lipinski definition) is 45. The van der Waals surface area contributed by atoms with Crippen molar-refractivity contribution in [3.8, 4) is 0 Å². The van der Waals surface area contributed by atoms with Crippen molar-refractivity contribution in [3.05, 3.63) is 0 Å². The standard InChI is InChI=1S/C64H109N5O45/c1-16-35(83)46(94)49(97)61(101-16)99-14-23(82)51(36(84)22(7-70)65-17(2)77)109-60-34(69-21(6)81)45(93)52(29(13-76)107-60)110-62-50(98)54(112-64-56(48(96)41(89)28(12-75)106-64)114-59-33(68-20(5)80)44(92)39(87)26(10-73)104-59)53(111-57-31(66-18(3)78)42(90)37(85)24(8-71)102-57)30(108-62)15-100-63-55(47(95)40(88)27(11-74)105-63)113-58-32(67-19(4)79)43(91)38(86)25(9-72)103-58/h16,22-64,70-76,82-98H,7-15H2,1-6H3,(H,65,77)(H,66,78)(H,67,79)(H,68,80)(H,69,81)/t16-,22-,23+,24+,25+,26+,27+,28+,29+,30+,31+,32+,33-,34+,35+,36+,37+,38+,39+,40+,41+,42+,43+,44+,45+,46+,47-,48-,49-,50-,51+,52+,53+,54+,55-,56-,57-,58-,59-,60-,61+,62+,63-,64+/m0/s1. The van der Waals surface area contributed by atoms with Crippen molar-refractivity contribution in [3.63, 3.8) is 0 Å². The lowest BCUT2D eigenvalue weighted by Gasteiger charge is -2.52. The van der Waals surface area contributed by atoms with E-state index < -0.39 is 359 Å². The SMILES string of the molecule is CC(=O)N[C@@H]1[C@H](O[C@@H]2[C@@H](O[C@@H]3[C@H](O)[C@@H](O[C@H]4[C@H](O)[C@@H](NC(C)=O)[C@H](O[C@@H]([C@H](O)[C@H](CO)NC(C)=O)[C@H](O)CO[C@@H]5O[C@@H](C)[C@@H](O)[C@@H](O)[C@@H]5O)O[C@@H]4CO)O[C@H](CO[C@H]4O[C@H](CO)[C@@H](O)[C@H](O)[C@@H]4O[C@@H]4O[C@H](CO)[C@@H](O)[C@H](O)[C@H]4NC(C)=O)[C@H]3O[C@@H]3O[C@H](CO)[C@@H](O)[C@H](O)[C@H]3NC(C)=O)O[C@H](CO)[C@@H](O)[C@@H]2O)O[C@H](CO)[C@@H](O)[C@@H]1O. The van der Waals surface area contributed by atoms with Gasteiger partial charge in [0.15, 0.2) is 50.3 Å². The van der Waals surface area contributed by atoms with Crippen molar-refractivity contribution >= 4 is 29.5 Å². The molecule has 0 aliphatic carbocycles. The van der Waals surface area contributed by atoms with E-state index in [1.807, 2.05) is 0 Å². The summed E-state index contributed by atoms with van der Waals surface area (Å²) in [5.74, 6) is -4.68. The van der Waals surface area contributed by atoms with E-state index in [1.165, 1.54) is 6.92 Å². The molecule has 0 aromatic heterocycles. The molecule has 8 aliphatic rings. The predicted octanol–water partition coefficient (Wildman–Crippen LogP) is -19.2. The summed E-state index contributed by atoms with van der Waals surface area (Å²) >= 11 is 0. The Kier molecular flexibility index (Phi) is 35.3. The summed E-state index contributed by atoms with van der Waals surface area (Å²) in [5.41, 5.74) is 0. The molecule has 50 nitrogen and oxygen atoms in total. The fourth-order valence-corrected chi connectivity index (χ4v) is 14.3. The number of aliphatic hydroxyl groups is 24. The number of rotatable bonds is 33. The van der Waals surface area contributed by atoms with Gasteiger partial charge < -0.3 is 225 Å². The second-order valence-corrected chi connectivity index (χ2v) is 28.7. The lowest BCUT2D eigenvalue weighted by atomic mass is 9.93. The summed E-state index contributed by atoms with van der Waals surface area (Å²) in [6, 6.07) is -9.52. The van der Waals surface area contributed by atoms with Crippen molar-refractivity contribution in [2.24, 2.45) is 0 Å². The quantitative estimate of drug-likeness (QED) is 0.0290. The molecule has 660 valence electrons. The molecule has 8 aliphatic heterocycles. The highest BCUT2D eigenvalue weighted by Crippen LogP contribution is 2.40. The molecule has 44 atom stereocenters. The van der Waals surface area contributed by atoms with Crippen LogP contribution in [0.5, 0.6) is 0 Å². The number of carbonyl (C=O) groups excluding carboxylic acids is 5. The predicted molar refractivity (Wildman–Crippen MR) is 356 cm³/mol. The molecular weight excluding hydrogens is 1560 g/mol. The Balaban J connectivity index is 1.27. The zero-order valence-electron chi connectivity index (χ0n) is 62.1. The van der Waals surface area contributed by atoms with Crippen LogP contribution in [0.2, 0.25) is 0 Å². The van der Waals surface area contributed by atoms with E-state index in [4.69, 9.17) is 75.8 Å². The van der Waals surface area contributed by atoms with Crippen LogP contribution in [-0.4, -0.2) is 481 Å². The monoisotopic (exact) mass is 1670 g/mol. The molecule has 0 aromatic rings. The Bertz CT molecular complexity index is 3030. The minimum Gasteiger partial charge on any atom is -0.394 e. The first-order chi connectivity index (χ1) is 53.8. The van der Waals surface area contributed by atoms with Gasteiger partial charge in [-0.05, 0) is 6.92 Å². The zero-order valence-corrected chi connectivity index (χ0v) is 62.1. The van der Waals surface area contributed by atoms with Gasteiger partial charge in [-0.25, -0.2) is 0 Å². The van der Waals surface area contributed by atoms with E-state index in [2.05, 4.69) is 26.6 Å². The summed E-state index contributed by atoms with van der Waals surface area (Å²) < 4.78 is 97.2. The molecule has 0 aromatic carbocycles. The fraction of sp³-hybridized carbons (Fsp3) is 0.922. The summed E-state index contributed by atoms with van der Waals surface area (Å²) in [5, 5.41) is 281. The van der Waals surface area contributed by atoms with Crippen LogP contribution in [0.1, 0.15) is 41.5 Å². The minimum absolute atomic E-state index is 0.871. The van der Waals surface area contributed by atoms with Gasteiger partial charge in [-0.2, -0.15) is 0 Å². The lowest BCUT2D eigenvalue weighted by molar-refractivity contribution is -0.407. The third kappa shape index (κ3) is 22.1. The van der Waals surface area contributed by atoms with E-state index in [9.17, 15) is 147 Å². The molecule has 114 heavy (non-hydrogen) atoms. The highest BCUT2D eigenvalue weighted by Gasteiger charge is 2.61. The number of ether oxygens (including phenoxy) is 16. The van der Waals surface area contributed by atoms with Crippen LogP contribution in [0.3, 0.4) is 0 Å². The molecule has 50 heteroatoms. The second kappa shape index (κ2) is 42.3. The van der Waals surface area contributed by atoms with Gasteiger partial charge in [-0.1, -0.05) is 0 Å². The second-order valence-electron chi connectivity index (χ2n) is 28.7. The average molecular weight is 1670 g/mol. The number of carbonyl (C=O) groups is 5. The molecule has 8 rings (SSSR count). The number of amides is 5. The number of hydrogen-bond donors (Lipinski definition) is 29. The summed E-state index contributed by atoms with van der Waals surface area (Å²) in [6.45, 7) is -4.39. The zero-order chi connectivity index (χ0) is 84.5. The minimum atomic E-state index is -2.72. The third-order valence-electron chi connectivity index (χ3n) is 20.4. The fourth-order valence-electron chi connectivity index (χ4n) is 14.3. The van der Waals surface area contributed by atoms with Gasteiger partial charge in [0.25, 0.3) is 0 Å². The Labute approximate surface area is 647 Å². The van der Waals surface area contributed by atoms with E-state index in [0.29, 0.717) is 0 Å². The van der Waals surface area contributed by atoms with Crippen molar-refractivity contribution in [2.75, 3.05) is 59.5 Å². The van der Waals surface area contributed by atoms with E-state index in [0.717, 1.165) is 34.6 Å². The van der Waals surface area contributed by atoms with Crippen LogP contribution in [0.25, 0.3) is 0 Å². The largest absolute Gasteiger partial charge is 0.394 e. The first-order valence-corrected chi connectivity index (χ1v) is 36.4. The Morgan fingerprint density at radius 2 is 0.684 bits per heavy atom. The molecule has 0 spiro atoms. The molecule has 8 heterocycles. The lowest BCUT2D eigenvalue weighted by Crippen LogP contribution is -2.71. The Morgan fingerprint density at radius 3 is 1.10 bits per heavy atom. The maximum absolute atomic E-state index is 13.3. The highest BCUT2D eigenvalue weighted by molar-refractivity contribution is 5.75. The first kappa shape index (κ1) is 95.2. The molecule has 0 saturated carbocycles. The summed E-state index contributed by atoms with van der Waals surface area (Å²) in [4.78, 5) is 64.0. The van der Waals surface area contributed by atoms with Crippen molar-refractivity contribution in [1.29, 1.82) is 0 Å². The van der Waals surface area contributed by atoms with Crippen molar-refractivity contribution in [2.45, 2.75) is 311 Å². The maximum Gasteiger partial charge on any atom is 0.217 e. The highest BCUT2D eigenvalue weighted by atomic mass is 16.8. The normalized spacial score (nSPS) is 45.3. The van der Waals surface area contributed by atoms with Crippen molar-refractivity contribution in [1.82, 2.24) is 26.6 Å². The van der Waals surface area contributed by atoms with Gasteiger partial charge in [-0.15, -0.1) is 0 Å². The smallest absolute Gasteiger partial charge is 0.217 e. The Morgan fingerprint density at radius 1 is 0.325 bits per heavy atom.